The topological polar surface area (TPSA) is 119 Å². The summed E-state index contributed by atoms with van der Waals surface area (Å²) in [5.41, 5.74) is 0.748. The molecule has 0 aliphatic rings. The molecule has 21 heavy (non-hydrogen) atoms. The van der Waals surface area contributed by atoms with Crippen molar-refractivity contribution in [3.63, 3.8) is 0 Å². The molecule has 114 valence electrons. The molecule has 8 heteroatoms. The molecule has 1 rings (SSSR count). The van der Waals surface area contributed by atoms with E-state index in [1.54, 1.807) is 6.07 Å². The van der Waals surface area contributed by atoms with Gasteiger partial charge < -0.3 is 15.2 Å². The van der Waals surface area contributed by atoms with Crippen LogP contribution in [-0.4, -0.2) is 45.4 Å². The number of aliphatic hydroxyl groups excluding tert-OH is 1. The molecule has 0 aromatic heterocycles. The van der Waals surface area contributed by atoms with E-state index in [-0.39, 0.29) is 18.9 Å². The Balaban J connectivity index is 2.85. The molecule has 4 N–H and O–H groups in total. The van der Waals surface area contributed by atoms with Gasteiger partial charge in [0.25, 0.3) is 5.91 Å². The molecule has 0 fully saturated rings. The van der Waals surface area contributed by atoms with E-state index < -0.39 is 15.9 Å². The Morgan fingerprint density at radius 3 is 2.76 bits per heavy atom. The van der Waals surface area contributed by atoms with Crippen LogP contribution in [0.2, 0.25) is 0 Å². The lowest BCUT2D eigenvalue weighted by Gasteiger charge is -2.07. The van der Waals surface area contributed by atoms with Crippen molar-refractivity contribution >= 4 is 15.9 Å². The van der Waals surface area contributed by atoms with Gasteiger partial charge in [0.15, 0.2) is 0 Å². The van der Waals surface area contributed by atoms with E-state index in [9.17, 15) is 13.2 Å². The molecular formula is C13H16N2O5S. The molecule has 0 bridgehead atoms. The zero-order valence-corrected chi connectivity index (χ0v) is 12.2. The summed E-state index contributed by atoms with van der Waals surface area (Å²) in [6.45, 7) is -0.394. The van der Waals surface area contributed by atoms with Crippen LogP contribution in [0.4, 0.5) is 0 Å². The Morgan fingerprint density at radius 2 is 2.19 bits per heavy atom. The Morgan fingerprint density at radius 1 is 1.48 bits per heavy atom. The number of methoxy groups -OCH3 is 1. The Bertz CT molecular complexity index is 674. The van der Waals surface area contributed by atoms with Crippen LogP contribution >= 0.6 is 0 Å². The SMILES string of the molecule is COc1ccc(C(=O)NCCS(N)(=O)=O)cc1C#CCO. The number of nitrogens with two attached hydrogens (primary N) is 1. The number of aliphatic hydroxyl groups is 1. The zero-order chi connectivity index (χ0) is 15.9. The van der Waals surface area contributed by atoms with E-state index in [0.717, 1.165) is 0 Å². The maximum Gasteiger partial charge on any atom is 0.251 e. The molecule has 0 unspecified atom stereocenters. The van der Waals surface area contributed by atoms with Crippen LogP contribution in [0.15, 0.2) is 18.2 Å². The summed E-state index contributed by atoms with van der Waals surface area (Å²) in [5.74, 6) is 4.81. The Hall–Kier alpha value is -2.08. The number of benzene rings is 1. The van der Waals surface area contributed by atoms with Crippen LogP contribution in [0.1, 0.15) is 15.9 Å². The molecule has 1 aromatic carbocycles. The first kappa shape index (κ1) is 17.0. The lowest BCUT2D eigenvalue weighted by atomic mass is 10.1. The monoisotopic (exact) mass is 312 g/mol. The molecule has 0 heterocycles. The minimum absolute atomic E-state index is 0.0820. The number of carbonyl (C=O) groups excluding carboxylic acids is 1. The summed E-state index contributed by atoms with van der Waals surface area (Å²) in [5, 5.41) is 16.0. The second kappa shape index (κ2) is 7.64. The minimum Gasteiger partial charge on any atom is -0.495 e. The van der Waals surface area contributed by atoms with Gasteiger partial charge in [-0.25, -0.2) is 13.6 Å². The van der Waals surface area contributed by atoms with Crippen molar-refractivity contribution in [1.82, 2.24) is 5.32 Å². The molecule has 0 aliphatic heterocycles. The molecule has 0 aliphatic carbocycles. The highest BCUT2D eigenvalue weighted by molar-refractivity contribution is 7.89. The largest absolute Gasteiger partial charge is 0.495 e. The first-order valence-corrected chi connectivity index (χ1v) is 7.65. The number of sulfonamides is 1. The highest BCUT2D eigenvalue weighted by Crippen LogP contribution is 2.18. The van der Waals surface area contributed by atoms with Crippen LogP contribution in [0.3, 0.4) is 0 Å². The van der Waals surface area contributed by atoms with Gasteiger partial charge in [0.2, 0.25) is 10.0 Å². The van der Waals surface area contributed by atoms with E-state index in [2.05, 4.69) is 17.2 Å². The second-order valence-electron chi connectivity index (χ2n) is 4.00. The number of ether oxygens (including phenoxy) is 1. The fourth-order valence-corrected chi connectivity index (χ4v) is 1.88. The number of hydrogen-bond acceptors (Lipinski definition) is 5. The molecule has 0 saturated heterocycles. The zero-order valence-electron chi connectivity index (χ0n) is 11.4. The van der Waals surface area contributed by atoms with E-state index in [0.29, 0.717) is 16.9 Å². The van der Waals surface area contributed by atoms with E-state index >= 15 is 0 Å². The van der Waals surface area contributed by atoms with Gasteiger partial charge in [0, 0.05) is 12.1 Å². The van der Waals surface area contributed by atoms with Gasteiger partial charge in [0.1, 0.15) is 12.4 Å². The van der Waals surface area contributed by atoms with Crippen LogP contribution in [0.5, 0.6) is 5.75 Å². The Kier molecular flexibility index (Phi) is 6.17. The number of nitrogens with one attached hydrogen (secondary N) is 1. The van der Waals surface area contributed by atoms with Gasteiger partial charge in [-0.15, -0.1) is 0 Å². The number of hydrogen-bond donors (Lipinski definition) is 3. The maximum atomic E-state index is 11.9. The third kappa shape index (κ3) is 5.83. The third-order valence-electron chi connectivity index (χ3n) is 2.44. The predicted molar refractivity (Wildman–Crippen MR) is 77.3 cm³/mol. The van der Waals surface area contributed by atoms with Crippen molar-refractivity contribution in [1.29, 1.82) is 0 Å². The van der Waals surface area contributed by atoms with Gasteiger partial charge >= 0.3 is 0 Å². The van der Waals surface area contributed by atoms with Gasteiger partial charge in [-0.05, 0) is 18.2 Å². The van der Waals surface area contributed by atoms with Crippen molar-refractivity contribution in [3.05, 3.63) is 29.3 Å². The number of rotatable bonds is 5. The van der Waals surface area contributed by atoms with Crippen molar-refractivity contribution in [2.45, 2.75) is 0 Å². The van der Waals surface area contributed by atoms with Crippen LogP contribution < -0.4 is 15.2 Å². The lowest BCUT2D eigenvalue weighted by molar-refractivity contribution is 0.0956. The highest BCUT2D eigenvalue weighted by Gasteiger charge is 2.10. The lowest BCUT2D eigenvalue weighted by Crippen LogP contribution is -2.31. The summed E-state index contributed by atoms with van der Waals surface area (Å²) < 4.78 is 26.6. The van der Waals surface area contributed by atoms with Gasteiger partial charge in [0.05, 0.1) is 18.4 Å². The molecule has 1 amide bonds. The highest BCUT2D eigenvalue weighted by atomic mass is 32.2. The standard InChI is InChI=1S/C13H16N2O5S/c1-20-12-5-4-11(9-10(12)3-2-7-16)13(17)15-6-8-21(14,18)19/h4-5,9,16H,6-8H2,1H3,(H,15,17)(H2,14,18,19). The average Bonchev–Trinajstić information content (AvgIpc) is 2.43. The van der Waals surface area contributed by atoms with E-state index in [4.69, 9.17) is 15.0 Å². The quantitative estimate of drug-likeness (QED) is 0.606. The average molecular weight is 312 g/mol. The van der Waals surface area contributed by atoms with Gasteiger partial charge in [-0.1, -0.05) is 11.8 Å². The Labute approximate surface area is 123 Å². The number of amides is 1. The van der Waals surface area contributed by atoms with Crippen molar-refractivity contribution in [3.8, 4) is 17.6 Å². The van der Waals surface area contributed by atoms with Crippen molar-refractivity contribution in [2.24, 2.45) is 5.14 Å². The molecule has 7 nitrogen and oxygen atoms in total. The van der Waals surface area contributed by atoms with Crippen LogP contribution in [0, 0.1) is 11.8 Å². The van der Waals surface area contributed by atoms with E-state index in [1.165, 1.54) is 19.2 Å². The van der Waals surface area contributed by atoms with Crippen molar-refractivity contribution < 1.29 is 23.1 Å². The number of primary sulfonamides is 1. The maximum absolute atomic E-state index is 11.9. The van der Waals surface area contributed by atoms with Crippen LogP contribution in [0.25, 0.3) is 0 Å². The first-order chi connectivity index (χ1) is 9.87. The minimum atomic E-state index is -3.62. The molecule has 0 atom stereocenters. The molecular weight excluding hydrogens is 296 g/mol. The summed E-state index contributed by atoms with van der Waals surface area (Å²) in [6.07, 6.45) is 0. The van der Waals surface area contributed by atoms with Crippen molar-refractivity contribution in [2.75, 3.05) is 26.0 Å². The summed E-state index contributed by atoms with van der Waals surface area (Å²) in [4.78, 5) is 11.9. The van der Waals surface area contributed by atoms with Gasteiger partial charge in [-0.3, -0.25) is 4.79 Å². The molecule has 1 aromatic rings. The normalized spacial score (nSPS) is 10.4. The third-order valence-corrected chi connectivity index (χ3v) is 3.21. The van der Waals surface area contributed by atoms with E-state index in [1.807, 2.05) is 0 Å². The summed E-state index contributed by atoms with van der Waals surface area (Å²) in [7, 11) is -2.15. The van der Waals surface area contributed by atoms with Crippen LogP contribution in [-0.2, 0) is 10.0 Å². The molecule has 0 radical (unpaired) electrons. The first-order valence-electron chi connectivity index (χ1n) is 5.94. The summed E-state index contributed by atoms with van der Waals surface area (Å²) >= 11 is 0. The number of carbonyl (C=O) groups is 1. The fraction of sp³-hybridized carbons (Fsp3) is 0.308. The summed E-state index contributed by atoms with van der Waals surface area (Å²) in [6, 6.07) is 4.58. The molecule has 0 saturated carbocycles. The van der Waals surface area contributed by atoms with Gasteiger partial charge in [-0.2, -0.15) is 0 Å². The molecule has 0 spiro atoms. The second-order valence-corrected chi connectivity index (χ2v) is 5.73. The fourth-order valence-electron chi connectivity index (χ4n) is 1.49. The predicted octanol–water partition coefficient (Wildman–Crippen LogP) is -0.943. The smallest absolute Gasteiger partial charge is 0.251 e.